The summed E-state index contributed by atoms with van der Waals surface area (Å²) in [6, 6.07) is 5.25. The van der Waals surface area contributed by atoms with Crippen LogP contribution < -0.4 is 5.32 Å². The number of alkyl halides is 3. The van der Waals surface area contributed by atoms with E-state index in [0.29, 0.717) is 17.4 Å². The molecule has 0 atom stereocenters. The number of rotatable bonds is 8. The smallest absolute Gasteiger partial charge is 0.416 e. The Bertz CT molecular complexity index is 1000. The topological polar surface area (TPSA) is 95.3 Å². The van der Waals surface area contributed by atoms with Crippen LogP contribution in [0.15, 0.2) is 47.8 Å². The number of ether oxygens (including phenoxy) is 1. The average molecular weight is 439 g/mol. The zero-order valence-electron chi connectivity index (χ0n) is 16.8. The van der Waals surface area contributed by atoms with E-state index in [4.69, 9.17) is 10.1 Å². The fourth-order valence-corrected chi connectivity index (χ4v) is 2.84. The molecule has 31 heavy (non-hydrogen) atoms. The van der Waals surface area contributed by atoms with E-state index in [0.717, 1.165) is 12.1 Å². The molecule has 0 saturated carbocycles. The lowest BCUT2D eigenvalue weighted by Gasteiger charge is -2.15. The number of nitrogens with one attached hydrogen (secondary N) is 2. The molecule has 6 nitrogen and oxygen atoms in total. The van der Waals surface area contributed by atoms with E-state index in [9.17, 15) is 27.5 Å². The minimum Gasteiger partial charge on any atom is -0.462 e. The van der Waals surface area contributed by atoms with Crippen LogP contribution in [0.2, 0.25) is 0 Å². The Kier molecular flexibility index (Phi) is 7.87. The molecule has 1 heterocycles. The minimum absolute atomic E-state index is 0.0215. The predicted octanol–water partition coefficient (Wildman–Crippen LogP) is 4.09. The molecule has 0 aliphatic carbocycles. The Hall–Kier alpha value is -3.27. The maximum Gasteiger partial charge on any atom is 0.416 e. The molecule has 0 unspecified atom stereocenters. The van der Waals surface area contributed by atoms with Crippen LogP contribution in [0, 0.1) is 11.2 Å². The lowest BCUT2D eigenvalue weighted by molar-refractivity contribution is -0.138. The van der Waals surface area contributed by atoms with Crippen molar-refractivity contribution in [2.75, 3.05) is 18.5 Å². The number of halogens is 4. The highest BCUT2D eigenvalue weighted by Gasteiger charge is 2.31. The van der Waals surface area contributed by atoms with Crippen LogP contribution >= 0.6 is 0 Å². The largest absolute Gasteiger partial charge is 0.462 e. The zero-order chi connectivity index (χ0) is 23.2. The molecule has 0 fully saturated rings. The number of aliphatic hydroxyl groups excluding tert-OH is 1. The van der Waals surface area contributed by atoms with Gasteiger partial charge in [0, 0.05) is 29.7 Å². The summed E-state index contributed by atoms with van der Waals surface area (Å²) in [6.07, 6.45) is -3.39. The lowest BCUT2D eigenvalue weighted by atomic mass is 10.0. The molecule has 10 heteroatoms. The van der Waals surface area contributed by atoms with Gasteiger partial charge < -0.3 is 20.6 Å². The number of benzene rings is 1. The van der Waals surface area contributed by atoms with Crippen molar-refractivity contribution in [3.05, 3.63) is 70.4 Å². The fraction of sp³-hybridized carbons (Fsp3) is 0.286. The zero-order valence-corrected chi connectivity index (χ0v) is 16.8. The summed E-state index contributed by atoms with van der Waals surface area (Å²) >= 11 is 0. The second-order valence-electron chi connectivity index (χ2n) is 6.54. The van der Waals surface area contributed by atoms with Crippen LogP contribution in [-0.4, -0.2) is 35.0 Å². The maximum atomic E-state index is 13.6. The summed E-state index contributed by atoms with van der Waals surface area (Å²) in [5.74, 6) is -1.79. The summed E-state index contributed by atoms with van der Waals surface area (Å²) in [5, 5.41) is 20.3. The van der Waals surface area contributed by atoms with Gasteiger partial charge in [-0.1, -0.05) is 0 Å². The van der Waals surface area contributed by atoms with Gasteiger partial charge in [0.05, 0.1) is 24.5 Å². The van der Waals surface area contributed by atoms with Gasteiger partial charge in [-0.3, -0.25) is 4.98 Å². The maximum absolute atomic E-state index is 13.6. The molecule has 1 aromatic carbocycles. The van der Waals surface area contributed by atoms with Gasteiger partial charge in [-0.05, 0) is 49.7 Å². The number of hydrogen-bond acceptors (Lipinski definition) is 6. The summed E-state index contributed by atoms with van der Waals surface area (Å²) in [7, 11) is 0. The number of nitrogens with zero attached hydrogens (tertiary/aromatic N) is 1. The van der Waals surface area contributed by atoms with E-state index >= 15 is 0 Å². The van der Waals surface area contributed by atoms with Gasteiger partial charge in [0.1, 0.15) is 11.4 Å². The van der Waals surface area contributed by atoms with Gasteiger partial charge in [-0.25, -0.2) is 9.18 Å². The molecule has 0 bridgehead atoms. The first kappa shape index (κ1) is 24.0. The van der Waals surface area contributed by atoms with Crippen molar-refractivity contribution < 1.29 is 32.2 Å². The molecule has 0 radical (unpaired) electrons. The molecule has 0 saturated heterocycles. The minimum atomic E-state index is -4.68. The first-order valence-electron chi connectivity index (χ1n) is 9.20. The number of esters is 1. The Balaban J connectivity index is 2.33. The molecule has 0 aliphatic rings. The Labute approximate surface area is 176 Å². The Morgan fingerprint density at radius 3 is 2.55 bits per heavy atom. The number of carbonyl (C=O) groups excluding carboxylic acids is 1. The normalized spacial score (nSPS) is 12.2. The SMILES string of the molecule is CCOC(=O)/C(C(C)=N)=C(\CO)Nc1ccnc(Cc2cc(F)cc(C(F)(F)F)c2)c1. The van der Waals surface area contributed by atoms with Crippen molar-refractivity contribution in [3.63, 3.8) is 0 Å². The highest BCUT2D eigenvalue weighted by Crippen LogP contribution is 2.31. The van der Waals surface area contributed by atoms with E-state index in [-0.39, 0.29) is 35.6 Å². The second kappa shape index (κ2) is 10.2. The molecule has 2 rings (SSSR count). The number of pyridine rings is 1. The van der Waals surface area contributed by atoms with E-state index < -0.39 is 30.1 Å². The van der Waals surface area contributed by atoms with Gasteiger partial charge in [0.25, 0.3) is 0 Å². The number of hydrogen-bond donors (Lipinski definition) is 3. The first-order valence-corrected chi connectivity index (χ1v) is 9.20. The van der Waals surface area contributed by atoms with Gasteiger partial charge >= 0.3 is 12.1 Å². The average Bonchev–Trinajstić information content (AvgIpc) is 2.66. The monoisotopic (exact) mass is 439 g/mol. The molecule has 0 aliphatic heterocycles. The van der Waals surface area contributed by atoms with Crippen molar-refractivity contribution in [2.24, 2.45) is 0 Å². The van der Waals surface area contributed by atoms with Crippen LogP contribution in [0.3, 0.4) is 0 Å². The van der Waals surface area contributed by atoms with Gasteiger partial charge in [-0.15, -0.1) is 0 Å². The lowest BCUT2D eigenvalue weighted by Crippen LogP contribution is -2.20. The molecule has 1 aromatic heterocycles. The van der Waals surface area contributed by atoms with Crippen LogP contribution in [0.5, 0.6) is 0 Å². The molecule has 0 amide bonds. The van der Waals surface area contributed by atoms with Crippen molar-refractivity contribution in [1.82, 2.24) is 4.98 Å². The molecule has 166 valence electrons. The summed E-state index contributed by atoms with van der Waals surface area (Å²) < 4.78 is 57.3. The molecule has 0 spiro atoms. The van der Waals surface area contributed by atoms with E-state index in [2.05, 4.69) is 10.3 Å². The van der Waals surface area contributed by atoms with Crippen molar-refractivity contribution in [1.29, 1.82) is 5.41 Å². The highest BCUT2D eigenvalue weighted by atomic mass is 19.4. The third kappa shape index (κ3) is 6.61. The second-order valence-corrected chi connectivity index (χ2v) is 6.54. The fourth-order valence-electron chi connectivity index (χ4n) is 2.84. The molecular weight excluding hydrogens is 418 g/mol. The standard InChI is InChI=1S/C21H21F4N3O3/c1-3-31-20(30)19(12(2)26)18(11-29)28-16-4-5-27-17(10-16)8-13-6-14(21(23,24)25)9-15(22)7-13/h4-7,9-10,26,29H,3,8,11H2,1-2H3,(H,27,28)/b19-18+,26-12?. The quantitative estimate of drug-likeness (QED) is 0.249. The molecular formula is C21H21F4N3O3. The molecule has 3 N–H and O–H groups in total. The van der Waals surface area contributed by atoms with Crippen LogP contribution in [-0.2, 0) is 22.1 Å². The van der Waals surface area contributed by atoms with Crippen LogP contribution in [0.25, 0.3) is 0 Å². The number of aromatic nitrogens is 1. The number of anilines is 1. The van der Waals surface area contributed by atoms with Crippen molar-refractivity contribution >= 4 is 17.4 Å². The van der Waals surface area contributed by atoms with E-state index in [1.165, 1.54) is 25.3 Å². The first-order chi connectivity index (χ1) is 14.5. The Morgan fingerprint density at radius 2 is 1.97 bits per heavy atom. The van der Waals surface area contributed by atoms with Gasteiger partial charge in [-0.2, -0.15) is 13.2 Å². The highest BCUT2D eigenvalue weighted by molar-refractivity contribution is 6.18. The number of carbonyl (C=O) groups is 1. The summed E-state index contributed by atoms with van der Waals surface area (Å²) in [4.78, 5) is 16.2. The summed E-state index contributed by atoms with van der Waals surface area (Å²) in [6.45, 7) is 2.46. The van der Waals surface area contributed by atoms with Crippen LogP contribution in [0.1, 0.15) is 30.7 Å². The number of aliphatic hydroxyl groups is 1. The van der Waals surface area contributed by atoms with Gasteiger partial charge in [0.15, 0.2) is 0 Å². The third-order valence-corrected chi connectivity index (χ3v) is 4.10. The van der Waals surface area contributed by atoms with Crippen molar-refractivity contribution in [3.8, 4) is 0 Å². The molecule has 2 aromatic rings. The van der Waals surface area contributed by atoms with E-state index in [1.54, 1.807) is 6.92 Å². The predicted molar refractivity (Wildman–Crippen MR) is 106 cm³/mol. The van der Waals surface area contributed by atoms with Crippen molar-refractivity contribution in [2.45, 2.75) is 26.4 Å². The Morgan fingerprint density at radius 1 is 1.26 bits per heavy atom. The third-order valence-electron chi connectivity index (χ3n) is 4.10. The van der Waals surface area contributed by atoms with Crippen LogP contribution in [0.4, 0.5) is 23.2 Å². The summed E-state index contributed by atoms with van der Waals surface area (Å²) in [5.41, 5.74) is -0.560. The van der Waals surface area contributed by atoms with E-state index in [1.807, 2.05) is 0 Å². The van der Waals surface area contributed by atoms with Gasteiger partial charge in [0.2, 0.25) is 0 Å².